The van der Waals surface area contributed by atoms with Crippen molar-refractivity contribution in [2.75, 3.05) is 23.7 Å². The Morgan fingerprint density at radius 1 is 1.40 bits per heavy atom. The lowest BCUT2D eigenvalue weighted by atomic mass is 10.1. The second-order valence-electron chi connectivity index (χ2n) is 6.52. The largest absolute Gasteiger partial charge is 0.369 e. The zero-order chi connectivity index (χ0) is 14.8. The van der Waals surface area contributed by atoms with Gasteiger partial charge in [0.2, 0.25) is 0 Å². The van der Waals surface area contributed by atoms with Gasteiger partial charge in [0.15, 0.2) is 0 Å². The van der Waals surface area contributed by atoms with E-state index in [1.807, 2.05) is 0 Å². The predicted molar refractivity (Wildman–Crippen MR) is 94.9 cm³/mol. The zero-order valence-corrected chi connectivity index (χ0v) is 15.3. The smallest absolute Gasteiger partial charge is 0.0511 e. The van der Waals surface area contributed by atoms with Gasteiger partial charge in [0, 0.05) is 40.6 Å². The van der Waals surface area contributed by atoms with Crippen LogP contribution < -0.4 is 10.2 Å². The van der Waals surface area contributed by atoms with Crippen LogP contribution in [0, 0.1) is 0 Å². The molecule has 1 aliphatic heterocycles. The molecule has 0 aromatic heterocycles. The summed E-state index contributed by atoms with van der Waals surface area (Å²) in [7, 11) is 0. The summed E-state index contributed by atoms with van der Waals surface area (Å²) in [6, 6.07) is 6.75. The van der Waals surface area contributed by atoms with Crippen molar-refractivity contribution in [1.82, 2.24) is 5.32 Å². The maximum atomic E-state index is 3.75. The molecule has 4 heteroatoms. The molecule has 2 rings (SSSR count). The molecule has 0 saturated carbocycles. The molecular weight excluding hydrogens is 332 g/mol. The number of thioether (sulfide) groups is 1. The van der Waals surface area contributed by atoms with Gasteiger partial charge >= 0.3 is 0 Å². The lowest BCUT2D eigenvalue weighted by molar-refractivity contribution is 0.424. The van der Waals surface area contributed by atoms with E-state index < -0.39 is 0 Å². The van der Waals surface area contributed by atoms with Crippen molar-refractivity contribution in [1.29, 1.82) is 0 Å². The van der Waals surface area contributed by atoms with E-state index in [1.54, 1.807) is 0 Å². The van der Waals surface area contributed by atoms with E-state index in [1.165, 1.54) is 21.5 Å². The molecule has 1 atom stereocenters. The average molecular weight is 357 g/mol. The average Bonchev–Trinajstić information content (AvgIpc) is 2.35. The van der Waals surface area contributed by atoms with Crippen LogP contribution in [0.25, 0.3) is 0 Å². The van der Waals surface area contributed by atoms with Crippen molar-refractivity contribution in [3.63, 3.8) is 0 Å². The highest BCUT2D eigenvalue weighted by Crippen LogP contribution is 2.31. The first-order valence-electron chi connectivity index (χ1n) is 7.25. The normalized spacial score (nSPS) is 20.2. The summed E-state index contributed by atoms with van der Waals surface area (Å²) in [4.78, 5) is 2.49. The van der Waals surface area contributed by atoms with Crippen molar-refractivity contribution >= 4 is 33.4 Å². The highest BCUT2D eigenvalue weighted by Gasteiger charge is 2.19. The van der Waals surface area contributed by atoms with Crippen LogP contribution in [-0.4, -0.2) is 29.6 Å². The first-order valence-corrected chi connectivity index (χ1v) is 9.09. The molecule has 1 unspecified atom stereocenters. The fourth-order valence-electron chi connectivity index (χ4n) is 2.32. The number of benzene rings is 1. The number of hydrogen-bond acceptors (Lipinski definition) is 3. The molecule has 1 saturated heterocycles. The van der Waals surface area contributed by atoms with Gasteiger partial charge in [-0.3, -0.25) is 0 Å². The molecule has 2 nitrogen and oxygen atoms in total. The van der Waals surface area contributed by atoms with E-state index in [0.717, 1.165) is 24.9 Å². The Balaban J connectivity index is 2.05. The number of hydrogen-bond donors (Lipinski definition) is 1. The van der Waals surface area contributed by atoms with E-state index in [9.17, 15) is 0 Å². The molecule has 20 heavy (non-hydrogen) atoms. The van der Waals surface area contributed by atoms with Crippen LogP contribution in [-0.2, 0) is 6.54 Å². The Morgan fingerprint density at radius 3 is 2.75 bits per heavy atom. The van der Waals surface area contributed by atoms with Gasteiger partial charge in [0.25, 0.3) is 0 Å². The van der Waals surface area contributed by atoms with E-state index in [4.69, 9.17) is 0 Å². The third-order valence-corrected chi connectivity index (χ3v) is 5.19. The van der Waals surface area contributed by atoms with Gasteiger partial charge in [-0.05, 0) is 54.4 Å². The van der Waals surface area contributed by atoms with Gasteiger partial charge in [-0.1, -0.05) is 13.0 Å². The Kier molecular flexibility index (Phi) is 5.43. The minimum absolute atomic E-state index is 0.157. The molecule has 1 heterocycles. The third kappa shape index (κ3) is 4.68. The monoisotopic (exact) mass is 356 g/mol. The zero-order valence-electron chi connectivity index (χ0n) is 12.9. The highest BCUT2D eigenvalue weighted by molar-refractivity contribution is 9.10. The van der Waals surface area contributed by atoms with Crippen molar-refractivity contribution < 1.29 is 0 Å². The van der Waals surface area contributed by atoms with Crippen LogP contribution in [0.5, 0.6) is 0 Å². The van der Waals surface area contributed by atoms with E-state index >= 15 is 0 Å². The maximum Gasteiger partial charge on any atom is 0.0511 e. The molecule has 112 valence electrons. The lowest BCUT2D eigenvalue weighted by Crippen LogP contribution is -2.37. The number of anilines is 1. The van der Waals surface area contributed by atoms with Crippen molar-refractivity contribution in [2.24, 2.45) is 0 Å². The summed E-state index contributed by atoms with van der Waals surface area (Å²) in [5, 5.41) is 4.25. The summed E-state index contributed by atoms with van der Waals surface area (Å²) >= 11 is 5.82. The quantitative estimate of drug-likeness (QED) is 0.869. The molecule has 0 radical (unpaired) electrons. The van der Waals surface area contributed by atoms with Crippen LogP contribution in [0.4, 0.5) is 5.69 Å². The summed E-state index contributed by atoms with van der Waals surface area (Å²) in [5.41, 5.74) is 2.82. The highest BCUT2D eigenvalue weighted by atomic mass is 79.9. The minimum Gasteiger partial charge on any atom is -0.369 e. The van der Waals surface area contributed by atoms with Gasteiger partial charge in [-0.2, -0.15) is 11.8 Å². The fraction of sp³-hybridized carbons (Fsp3) is 0.625. The summed E-state index contributed by atoms with van der Waals surface area (Å²) in [5.74, 6) is 1.22. The van der Waals surface area contributed by atoms with Gasteiger partial charge < -0.3 is 10.2 Å². The molecule has 1 aromatic rings. The van der Waals surface area contributed by atoms with Gasteiger partial charge in [-0.25, -0.2) is 0 Å². The van der Waals surface area contributed by atoms with Crippen molar-refractivity contribution in [3.8, 4) is 0 Å². The Bertz CT molecular complexity index is 456. The molecule has 0 spiro atoms. The molecule has 0 bridgehead atoms. The van der Waals surface area contributed by atoms with E-state index in [-0.39, 0.29) is 5.54 Å². The van der Waals surface area contributed by atoms with E-state index in [2.05, 4.69) is 83.8 Å². The molecule has 1 aromatic carbocycles. The third-order valence-electron chi connectivity index (χ3n) is 3.42. The topological polar surface area (TPSA) is 15.3 Å². The van der Waals surface area contributed by atoms with Gasteiger partial charge in [-0.15, -0.1) is 0 Å². The molecule has 0 aliphatic carbocycles. The van der Waals surface area contributed by atoms with E-state index in [0.29, 0.717) is 0 Å². The van der Waals surface area contributed by atoms with Crippen LogP contribution in [0.15, 0.2) is 22.7 Å². The van der Waals surface area contributed by atoms with Crippen molar-refractivity contribution in [2.45, 2.75) is 45.0 Å². The first kappa shape index (κ1) is 16.2. The van der Waals surface area contributed by atoms with Crippen LogP contribution in [0.2, 0.25) is 0 Å². The molecule has 1 N–H and O–H groups in total. The summed E-state index contributed by atoms with van der Waals surface area (Å²) < 4.78 is 1.21. The van der Waals surface area contributed by atoms with Crippen molar-refractivity contribution in [3.05, 3.63) is 28.2 Å². The van der Waals surface area contributed by atoms with Gasteiger partial charge in [0.05, 0.1) is 5.69 Å². The summed E-state index contributed by atoms with van der Waals surface area (Å²) in [6.07, 6.45) is 0. The Hall–Kier alpha value is -0.190. The SMILES string of the molecule is CC1CN(c2ccc(CNC(C)(C)C)cc2Br)CCS1. The molecule has 1 aliphatic rings. The second-order valence-corrected chi connectivity index (χ2v) is 8.92. The fourth-order valence-corrected chi connectivity index (χ4v) is 4.01. The maximum absolute atomic E-state index is 3.75. The number of rotatable bonds is 3. The minimum atomic E-state index is 0.157. The predicted octanol–water partition coefficient (Wildman–Crippen LogP) is 4.28. The Morgan fingerprint density at radius 2 is 2.15 bits per heavy atom. The molecule has 1 fully saturated rings. The number of nitrogens with one attached hydrogen (secondary N) is 1. The van der Waals surface area contributed by atoms with Gasteiger partial charge in [0.1, 0.15) is 0 Å². The Labute approximate surface area is 135 Å². The number of nitrogens with zero attached hydrogens (tertiary/aromatic N) is 1. The standard InChI is InChI=1S/C16H25BrN2S/c1-12-11-19(7-8-20-12)15-6-5-13(9-14(15)17)10-18-16(2,3)4/h5-6,9,12,18H,7-8,10-11H2,1-4H3. The van der Waals surface area contributed by atoms with Crippen LogP contribution in [0.1, 0.15) is 33.3 Å². The van der Waals surface area contributed by atoms with Crippen LogP contribution >= 0.6 is 27.7 Å². The van der Waals surface area contributed by atoms with Crippen LogP contribution in [0.3, 0.4) is 0 Å². The second kappa shape index (κ2) is 6.71. The summed E-state index contributed by atoms with van der Waals surface area (Å²) in [6.45, 7) is 12.1. The number of halogens is 1. The first-order chi connectivity index (χ1) is 9.35. The molecular formula is C16H25BrN2S. The lowest BCUT2D eigenvalue weighted by Gasteiger charge is -2.33. The molecule has 0 amide bonds.